The third-order valence-electron chi connectivity index (χ3n) is 5.61. The van der Waals surface area contributed by atoms with Crippen LogP contribution in [0, 0.1) is 0 Å². The van der Waals surface area contributed by atoms with Crippen LogP contribution in [0.4, 0.5) is 0 Å². The van der Waals surface area contributed by atoms with E-state index in [9.17, 15) is 0 Å². The lowest BCUT2D eigenvalue weighted by molar-refractivity contribution is 0.595. The Morgan fingerprint density at radius 1 is 0.962 bits per heavy atom. The van der Waals surface area contributed by atoms with E-state index in [1.54, 1.807) is 0 Å². The first-order valence-electron chi connectivity index (χ1n) is 9.46. The molecule has 2 heteroatoms. The molecule has 2 heterocycles. The van der Waals surface area contributed by atoms with Gasteiger partial charge >= 0.3 is 0 Å². The molecule has 0 amide bonds. The molecular formula is C24H23NO. The number of para-hydroxylation sites is 1. The number of aryl methyl sites for hydroxylation is 1. The van der Waals surface area contributed by atoms with E-state index in [-0.39, 0.29) is 5.41 Å². The van der Waals surface area contributed by atoms with Gasteiger partial charge in [0, 0.05) is 22.5 Å². The zero-order valence-corrected chi connectivity index (χ0v) is 15.6. The Morgan fingerprint density at radius 3 is 2.65 bits per heavy atom. The zero-order valence-electron chi connectivity index (χ0n) is 15.6. The van der Waals surface area contributed by atoms with Crippen molar-refractivity contribution in [3.8, 4) is 11.3 Å². The van der Waals surface area contributed by atoms with Crippen LogP contribution in [-0.4, -0.2) is 4.98 Å². The highest BCUT2D eigenvalue weighted by molar-refractivity contribution is 6.11. The Bertz CT molecular complexity index is 1140. The molecule has 130 valence electrons. The molecule has 1 aliphatic rings. The molecule has 2 nitrogen and oxygen atoms in total. The molecule has 4 aromatic rings. The van der Waals surface area contributed by atoms with E-state index in [0.717, 1.165) is 35.3 Å². The van der Waals surface area contributed by atoms with E-state index < -0.39 is 0 Å². The Morgan fingerprint density at radius 2 is 1.81 bits per heavy atom. The zero-order chi connectivity index (χ0) is 17.9. The molecule has 0 aliphatic heterocycles. The molecule has 0 saturated carbocycles. The summed E-state index contributed by atoms with van der Waals surface area (Å²) in [5.74, 6) is 0. The number of hydrogen-bond acceptors (Lipinski definition) is 2. The summed E-state index contributed by atoms with van der Waals surface area (Å²) in [6, 6.07) is 15.0. The van der Waals surface area contributed by atoms with Gasteiger partial charge in [0.25, 0.3) is 0 Å². The van der Waals surface area contributed by atoms with Gasteiger partial charge in [0.05, 0.1) is 5.69 Å². The van der Waals surface area contributed by atoms with Gasteiger partial charge in [0.15, 0.2) is 0 Å². The standard InChI is InChI=1S/C24H23NO/c1-24(2,3)19-12-11-18(22-16-9-6-7-15(16)13-14-25-22)23-21(19)17-8-4-5-10-20(17)26-23/h4-5,8,10-14H,6-7,9H2,1-3H3. The third kappa shape index (κ3) is 2.21. The highest BCUT2D eigenvalue weighted by atomic mass is 16.3. The molecule has 26 heavy (non-hydrogen) atoms. The van der Waals surface area contributed by atoms with E-state index in [2.05, 4.69) is 57.2 Å². The number of benzene rings is 2. The summed E-state index contributed by atoms with van der Waals surface area (Å²) < 4.78 is 6.39. The molecular weight excluding hydrogens is 318 g/mol. The number of fused-ring (bicyclic) bond motifs is 4. The van der Waals surface area contributed by atoms with Crippen molar-refractivity contribution in [3.63, 3.8) is 0 Å². The van der Waals surface area contributed by atoms with Crippen molar-refractivity contribution in [2.45, 2.75) is 45.4 Å². The Labute approximate surface area is 153 Å². The second kappa shape index (κ2) is 5.44. The van der Waals surface area contributed by atoms with Crippen molar-refractivity contribution < 1.29 is 4.42 Å². The summed E-state index contributed by atoms with van der Waals surface area (Å²) in [4.78, 5) is 4.77. The van der Waals surface area contributed by atoms with Crippen LogP contribution >= 0.6 is 0 Å². The summed E-state index contributed by atoms with van der Waals surface area (Å²) in [5, 5.41) is 2.44. The first-order chi connectivity index (χ1) is 12.5. The first-order valence-corrected chi connectivity index (χ1v) is 9.46. The number of nitrogens with zero attached hydrogens (tertiary/aromatic N) is 1. The lowest BCUT2D eigenvalue weighted by Crippen LogP contribution is -2.11. The van der Waals surface area contributed by atoms with E-state index >= 15 is 0 Å². The van der Waals surface area contributed by atoms with Crippen molar-refractivity contribution in [2.75, 3.05) is 0 Å². The Kier molecular flexibility index (Phi) is 3.27. The quantitative estimate of drug-likeness (QED) is 0.398. The van der Waals surface area contributed by atoms with Gasteiger partial charge in [-0.3, -0.25) is 4.98 Å². The predicted octanol–water partition coefficient (Wildman–Crippen LogP) is 6.43. The summed E-state index contributed by atoms with van der Waals surface area (Å²) in [7, 11) is 0. The van der Waals surface area contributed by atoms with Crippen molar-refractivity contribution in [3.05, 3.63) is 65.4 Å². The molecule has 0 fully saturated rings. The summed E-state index contributed by atoms with van der Waals surface area (Å²) >= 11 is 0. The smallest absolute Gasteiger partial charge is 0.145 e. The van der Waals surface area contributed by atoms with Crippen LogP contribution in [0.25, 0.3) is 33.2 Å². The molecule has 0 radical (unpaired) electrons. The van der Waals surface area contributed by atoms with Crippen molar-refractivity contribution in [1.82, 2.24) is 4.98 Å². The van der Waals surface area contributed by atoms with Gasteiger partial charge in [0.2, 0.25) is 0 Å². The van der Waals surface area contributed by atoms with Crippen LogP contribution in [0.1, 0.15) is 43.9 Å². The topological polar surface area (TPSA) is 26.0 Å². The van der Waals surface area contributed by atoms with Gasteiger partial charge in [-0.2, -0.15) is 0 Å². The van der Waals surface area contributed by atoms with E-state index in [0.29, 0.717) is 0 Å². The SMILES string of the molecule is CC(C)(C)c1ccc(-c2nccc3c2CCC3)c2oc3ccccc3c12. The van der Waals surface area contributed by atoms with Gasteiger partial charge in [-0.05, 0) is 59.6 Å². The average Bonchev–Trinajstić information content (AvgIpc) is 3.24. The van der Waals surface area contributed by atoms with Crippen LogP contribution in [0.5, 0.6) is 0 Å². The number of pyridine rings is 1. The molecule has 0 atom stereocenters. The molecule has 1 aliphatic carbocycles. The van der Waals surface area contributed by atoms with Crippen molar-refractivity contribution >= 4 is 21.9 Å². The third-order valence-corrected chi connectivity index (χ3v) is 5.61. The minimum absolute atomic E-state index is 0.0511. The van der Waals surface area contributed by atoms with Crippen LogP contribution in [0.2, 0.25) is 0 Å². The fourth-order valence-electron chi connectivity index (χ4n) is 4.37. The van der Waals surface area contributed by atoms with E-state index in [1.165, 1.54) is 33.9 Å². The maximum Gasteiger partial charge on any atom is 0.145 e. The molecule has 0 spiro atoms. The molecule has 0 N–H and O–H groups in total. The normalized spacial score (nSPS) is 14.3. The first kappa shape index (κ1) is 15.6. The van der Waals surface area contributed by atoms with Crippen molar-refractivity contribution in [1.29, 1.82) is 0 Å². The maximum atomic E-state index is 6.39. The maximum absolute atomic E-state index is 6.39. The largest absolute Gasteiger partial charge is 0.455 e. The van der Waals surface area contributed by atoms with Crippen LogP contribution in [-0.2, 0) is 18.3 Å². The predicted molar refractivity (Wildman–Crippen MR) is 108 cm³/mol. The monoisotopic (exact) mass is 341 g/mol. The molecule has 2 aromatic carbocycles. The average molecular weight is 341 g/mol. The highest BCUT2D eigenvalue weighted by Crippen LogP contribution is 2.42. The second-order valence-electron chi connectivity index (χ2n) is 8.36. The van der Waals surface area contributed by atoms with Crippen LogP contribution in [0.15, 0.2) is 53.1 Å². The van der Waals surface area contributed by atoms with Gasteiger partial charge < -0.3 is 4.42 Å². The molecule has 0 bridgehead atoms. The highest BCUT2D eigenvalue weighted by Gasteiger charge is 2.25. The Balaban J connectivity index is 1.91. The number of aromatic nitrogens is 1. The van der Waals surface area contributed by atoms with Gasteiger partial charge in [-0.25, -0.2) is 0 Å². The van der Waals surface area contributed by atoms with Gasteiger partial charge in [0.1, 0.15) is 11.2 Å². The second-order valence-corrected chi connectivity index (χ2v) is 8.36. The molecule has 5 rings (SSSR count). The number of furan rings is 1. The number of hydrogen-bond donors (Lipinski definition) is 0. The summed E-state index contributed by atoms with van der Waals surface area (Å²) in [6.07, 6.45) is 5.44. The fraction of sp³-hybridized carbons (Fsp3) is 0.292. The number of rotatable bonds is 1. The summed E-state index contributed by atoms with van der Waals surface area (Å²) in [5.41, 5.74) is 8.38. The van der Waals surface area contributed by atoms with Crippen LogP contribution in [0.3, 0.4) is 0 Å². The van der Waals surface area contributed by atoms with E-state index in [4.69, 9.17) is 9.40 Å². The summed E-state index contributed by atoms with van der Waals surface area (Å²) in [6.45, 7) is 6.80. The lowest BCUT2D eigenvalue weighted by Gasteiger charge is -2.21. The molecule has 2 aromatic heterocycles. The van der Waals surface area contributed by atoms with E-state index in [1.807, 2.05) is 12.3 Å². The van der Waals surface area contributed by atoms with Crippen molar-refractivity contribution in [2.24, 2.45) is 0 Å². The minimum Gasteiger partial charge on any atom is -0.455 e. The van der Waals surface area contributed by atoms with Crippen LogP contribution < -0.4 is 0 Å². The minimum atomic E-state index is 0.0511. The molecule has 0 saturated heterocycles. The molecule has 0 unspecified atom stereocenters. The lowest BCUT2D eigenvalue weighted by atomic mass is 9.83. The van der Waals surface area contributed by atoms with Gasteiger partial charge in [-0.15, -0.1) is 0 Å². The van der Waals surface area contributed by atoms with Gasteiger partial charge in [-0.1, -0.05) is 45.0 Å². The Hall–Kier alpha value is -2.61. The fourth-order valence-corrected chi connectivity index (χ4v) is 4.37.